The van der Waals surface area contributed by atoms with Crippen molar-refractivity contribution < 1.29 is 4.79 Å². The fourth-order valence-electron chi connectivity index (χ4n) is 2.47. The molecular weight excluding hydrogens is 419 g/mol. The Kier molecular flexibility index (Phi) is 4.77. The van der Waals surface area contributed by atoms with E-state index in [4.69, 9.17) is 0 Å². The molecule has 1 heterocycles. The highest BCUT2D eigenvalue weighted by Crippen LogP contribution is 2.21. The minimum Gasteiger partial charge on any atom is -0.312 e. The molecule has 3 aromatic rings. The zero-order chi connectivity index (χ0) is 16.4. The van der Waals surface area contributed by atoms with Gasteiger partial charge in [-0.1, -0.05) is 41.7 Å². The number of benzene rings is 2. The topological polar surface area (TPSA) is 34.4 Å². The van der Waals surface area contributed by atoms with Crippen molar-refractivity contribution >= 4 is 50.1 Å². The summed E-state index contributed by atoms with van der Waals surface area (Å²) in [5.41, 5.74) is 2.92. The highest BCUT2D eigenvalue weighted by atomic mass is 127. The van der Waals surface area contributed by atoms with Crippen molar-refractivity contribution in [3.63, 3.8) is 0 Å². The quantitative estimate of drug-likeness (QED) is 0.440. The predicted octanol–water partition coefficient (Wildman–Crippen LogP) is 4.54. The maximum Gasteiger partial charge on any atom is 0.280 e. The maximum atomic E-state index is 12.5. The van der Waals surface area contributed by atoms with E-state index in [0.29, 0.717) is 16.9 Å². The van der Waals surface area contributed by atoms with Gasteiger partial charge in [-0.05, 0) is 53.3 Å². The molecule has 0 fully saturated rings. The van der Waals surface area contributed by atoms with Gasteiger partial charge in [0.2, 0.25) is 0 Å². The Bertz CT molecular complexity index is 969. The van der Waals surface area contributed by atoms with Gasteiger partial charge < -0.3 is 4.57 Å². The Morgan fingerprint density at radius 3 is 2.83 bits per heavy atom. The first kappa shape index (κ1) is 16.1. The van der Waals surface area contributed by atoms with Crippen LogP contribution in [0, 0.1) is 10.5 Å². The third kappa shape index (κ3) is 3.16. The molecule has 5 heteroatoms. The van der Waals surface area contributed by atoms with Gasteiger partial charge in [0.25, 0.3) is 5.91 Å². The number of nitrogens with zero attached hydrogens (tertiary/aromatic N) is 2. The van der Waals surface area contributed by atoms with Crippen LogP contribution in [0.5, 0.6) is 0 Å². The number of aryl methyl sites for hydroxylation is 1. The van der Waals surface area contributed by atoms with Crippen LogP contribution in [0.25, 0.3) is 10.2 Å². The number of amides is 1. The van der Waals surface area contributed by atoms with Gasteiger partial charge in [0, 0.05) is 10.1 Å². The summed E-state index contributed by atoms with van der Waals surface area (Å²) in [4.78, 5) is 17.6. The van der Waals surface area contributed by atoms with Gasteiger partial charge in [-0.2, -0.15) is 4.99 Å². The Labute approximate surface area is 152 Å². The summed E-state index contributed by atoms with van der Waals surface area (Å²) in [6.07, 6.45) is 1.83. The van der Waals surface area contributed by atoms with Gasteiger partial charge in [-0.3, -0.25) is 4.79 Å². The smallest absolute Gasteiger partial charge is 0.280 e. The van der Waals surface area contributed by atoms with E-state index in [1.807, 2.05) is 36.4 Å². The van der Waals surface area contributed by atoms with Crippen LogP contribution in [-0.2, 0) is 6.54 Å². The van der Waals surface area contributed by atoms with Crippen molar-refractivity contribution in [1.29, 1.82) is 0 Å². The number of rotatable bonds is 3. The molecule has 0 aliphatic carbocycles. The third-order valence-corrected chi connectivity index (χ3v) is 5.50. The summed E-state index contributed by atoms with van der Waals surface area (Å²) in [6, 6.07) is 13.7. The highest BCUT2D eigenvalue weighted by molar-refractivity contribution is 14.1. The third-order valence-electron chi connectivity index (χ3n) is 3.52. The molecule has 1 aromatic heterocycles. The molecule has 0 bridgehead atoms. The lowest BCUT2D eigenvalue weighted by Crippen LogP contribution is -2.17. The second-order valence-corrected chi connectivity index (χ2v) is 7.27. The Balaban J connectivity index is 2.21. The largest absolute Gasteiger partial charge is 0.312 e. The van der Waals surface area contributed by atoms with Crippen molar-refractivity contribution in [3.05, 3.63) is 74.6 Å². The summed E-state index contributed by atoms with van der Waals surface area (Å²) in [6.45, 7) is 6.52. The molecule has 2 aromatic carbocycles. The number of allylic oxidation sites excluding steroid dienone is 1. The standard InChI is InChI=1S/C18H15IN2OS/c1-3-11-21-16-12(2)7-6-10-15(16)23-18(21)20-17(22)13-8-4-5-9-14(13)19/h3-10H,1,11H2,2H3. The lowest BCUT2D eigenvalue weighted by molar-refractivity contribution is 0.0997. The van der Waals surface area contributed by atoms with Crippen molar-refractivity contribution in [2.75, 3.05) is 0 Å². The molecule has 0 saturated carbocycles. The molecule has 116 valence electrons. The van der Waals surface area contributed by atoms with E-state index in [1.165, 1.54) is 16.9 Å². The zero-order valence-electron chi connectivity index (χ0n) is 12.6. The van der Waals surface area contributed by atoms with Gasteiger partial charge in [-0.15, -0.1) is 6.58 Å². The Hall–Kier alpha value is -1.73. The van der Waals surface area contributed by atoms with Crippen LogP contribution in [0.3, 0.4) is 0 Å². The molecule has 0 aliphatic heterocycles. The number of carbonyl (C=O) groups is 1. The summed E-state index contributed by atoms with van der Waals surface area (Å²) in [5, 5.41) is 0. The summed E-state index contributed by atoms with van der Waals surface area (Å²) < 4.78 is 4.09. The molecular formula is C18H15IN2OS. The SMILES string of the molecule is C=CCn1c(=NC(=O)c2ccccc2I)sc2cccc(C)c21. The van der Waals surface area contributed by atoms with Crippen molar-refractivity contribution in [2.24, 2.45) is 4.99 Å². The lowest BCUT2D eigenvalue weighted by Gasteiger charge is -2.04. The molecule has 3 rings (SSSR count). The van der Waals surface area contributed by atoms with E-state index in [-0.39, 0.29) is 5.91 Å². The Morgan fingerprint density at radius 2 is 2.09 bits per heavy atom. The van der Waals surface area contributed by atoms with Crippen molar-refractivity contribution in [2.45, 2.75) is 13.5 Å². The van der Waals surface area contributed by atoms with Crippen LogP contribution >= 0.6 is 33.9 Å². The Morgan fingerprint density at radius 1 is 1.30 bits per heavy atom. The van der Waals surface area contributed by atoms with Gasteiger partial charge in [0.15, 0.2) is 4.80 Å². The first-order valence-electron chi connectivity index (χ1n) is 7.15. The number of aromatic nitrogens is 1. The van der Waals surface area contributed by atoms with Crippen LogP contribution in [0.4, 0.5) is 0 Å². The van der Waals surface area contributed by atoms with E-state index in [0.717, 1.165) is 13.8 Å². The minimum absolute atomic E-state index is 0.211. The summed E-state index contributed by atoms with van der Waals surface area (Å²) in [7, 11) is 0. The van der Waals surface area contributed by atoms with Crippen LogP contribution in [0.2, 0.25) is 0 Å². The number of halogens is 1. The van der Waals surface area contributed by atoms with Crippen molar-refractivity contribution in [3.8, 4) is 0 Å². The van der Waals surface area contributed by atoms with Crippen LogP contribution in [-0.4, -0.2) is 10.5 Å². The molecule has 0 N–H and O–H groups in total. The normalized spacial score (nSPS) is 11.8. The molecule has 0 aliphatic rings. The molecule has 0 unspecified atom stereocenters. The van der Waals surface area contributed by atoms with E-state index < -0.39 is 0 Å². The van der Waals surface area contributed by atoms with Gasteiger partial charge in [-0.25, -0.2) is 0 Å². The monoisotopic (exact) mass is 434 g/mol. The van der Waals surface area contributed by atoms with Crippen molar-refractivity contribution in [1.82, 2.24) is 4.57 Å². The zero-order valence-corrected chi connectivity index (χ0v) is 15.6. The van der Waals surface area contributed by atoms with Gasteiger partial charge >= 0.3 is 0 Å². The summed E-state index contributed by atoms with van der Waals surface area (Å²) in [5.74, 6) is -0.211. The second kappa shape index (κ2) is 6.80. The van der Waals surface area contributed by atoms with Crippen LogP contribution in [0.1, 0.15) is 15.9 Å². The molecule has 0 spiro atoms. The number of fused-ring (bicyclic) bond motifs is 1. The van der Waals surface area contributed by atoms with E-state index in [2.05, 4.69) is 57.8 Å². The molecule has 23 heavy (non-hydrogen) atoms. The average molecular weight is 434 g/mol. The minimum atomic E-state index is -0.211. The lowest BCUT2D eigenvalue weighted by atomic mass is 10.2. The number of carbonyl (C=O) groups excluding carboxylic acids is 1. The fraction of sp³-hybridized carbons (Fsp3) is 0.111. The number of para-hydroxylation sites is 1. The summed E-state index contributed by atoms with van der Waals surface area (Å²) >= 11 is 3.69. The molecule has 1 amide bonds. The molecule has 0 radical (unpaired) electrons. The predicted molar refractivity (Wildman–Crippen MR) is 104 cm³/mol. The average Bonchev–Trinajstić information content (AvgIpc) is 2.87. The van der Waals surface area contributed by atoms with Crippen LogP contribution < -0.4 is 4.80 Å². The molecule has 3 nitrogen and oxygen atoms in total. The van der Waals surface area contributed by atoms with E-state index in [1.54, 1.807) is 0 Å². The molecule has 0 atom stereocenters. The number of hydrogen-bond donors (Lipinski definition) is 0. The van der Waals surface area contributed by atoms with Crippen LogP contribution in [0.15, 0.2) is 60.1 Å². The fourth-order valence-corrected chi connectivity index (χ4v) is 4.21. The van der Waals surface area contributed by atoms with Gasteiger partial charge in [0.1, 0.15) is 0 Å². The molecule has 0 saturated heterocycles. The number of thiazole rings is 1. The first-order chi connectivity index (χ1) is 11.1. The van der Waals surface area contributed by atoms with Gasteiger partial charge in [0.05, 0.1) is 15.8 Å². The van der Waals surface area contributed by atoms with E-state index >= 15 is 0 Å². The maximum absolute atomic E-state index is 12.5. The number of hydrogen-bond acceptors (Lipinski definition) is 2. The second-order valence-electron chi connectivity index (χ2n) is 5.10. The first-order valence-corrected chi connectivity index (χ1v) is 9.05. The highest BCUT2D eigenvalue weighted by Gasteiger charge is 2.11. The van der Waals surface area contributed by atoms with E-state index in [9.17, 15) is 4.79 Å².